The maximum absolute atomic E-state index is 11.3. The Kier molecular flexibility index (Phi) is 5.15. The SMILES string of the molecule is CCC(=O)OC(OC1CN2CCC1CC2)C(O)CO. The number of nitrogens with zero attached hydrogens (tertiary/aromatic N) is 1. The Labute approximate surface area is 113 Å². The van der Waals surface area contributed by atoms with Crippen molar-refractivity contribution in [3.8, 4) is 0 Å². The van der Waals surface area contributed by atoms with Gasteiger partial charge in [0.2, 0.25) is 6.29 Å². The molecule has 0 aromatic heterocycles. The minimum absolute atomic E-state index is 0.0293. The number of carbonyl (C=O) groups is 1. The Morgan fingerprint density at radius 3 is 2.58 bits per heavy atom. The first kappa shape index (κ1) is 14.7. The molecule has 3 atom stereocenters. The zero-order valence-electron chi connectivity index (χ0n) is 11.3. The van der Waals surface area contributed by atoms with Crippen molar-refractivity contribution >= 4 is 5.97 Å². The van der Waals surface area contributed by atoms with Gasteiger partial charge in [-0.15, -0.1) is 0 Å². The number of rotatable bonds is 6. The third-order valence-corrected chi connectivity index (χ3v) is 3.94. The van der Waals surface area contributed by atoms with Crippen LogP contribution >= 0.6 is 0 Å². The van der Waals surface area contributed by atoms with Gasteiger partial charge in [-0.25, -0.2) is 0 Å². The second kappa shape index (κ2) is 6.65. The van der Waals surface area contributed by atoms with Crippen LogP contribution in [-0.4, -0.2) is 65.8 Å². The molecule has 2 N–H and O–H groups in total. The van der Waals surface area contributed by atoms with Gasteiger partial charge < -0.3 is 24.6 Å². The molecule has 3 saturated heterocycles. The molecule has 3 fully saturated rings. The van der Waals surface area contributed by atoms with E-state index in [-0.39, 0.29) is 12.5 Å². The summed E-state index contributed by atoms with van der Waals surface area (Å²) in [5.74, 6) is 0.0255. The van der Waals surface area contributed by atoms with Gasteiger partial charge in [-0.3, -0.25) is 4.79 Å². The van der Waals surface area contributed by atoms with E-state index in [0.717, 1.165) is 32.5 Å². The number of hydrogen-bond donors (Lipinski definition) is 2. The highest BCUT2D eigenvalue weighted by atomic mass is 16.7. The van der Waals surface area contributed by atoms with Gasteiger partial charge in [-0.05, 0) is 31.8 Å². The average molecular weight is 273 g/mol. The van der Waals surface area contributed by atoms with Crippen molar-refractivity contribution in [2.24, 2.45) is 5.92 Å². The zero-order chi connectivity index (χ0) is 13.8. The molecule has 19 heavy (non-hydrogen) atoms. The maximum atomic E-state index is 11.3. The molecule has 3 aliphatic rings. The van der Waals surface area contributed by atoms with E-state index in [0.29, 0.717) is 5.92 Å². The van der Waals surface area contributed by atoms with Gasteiger partial charge in [0, 0.05) is 13.0 Å². The lowest BCUT2D eigenvalue weighted by Crippen LogP contribution is -2.54. The highest BCUT2D eigenvalue weighted by Gasteiger charge is 2.38. The lowest BCUT2D eigenvalue weighted by molar-refractivity contribution is -0.238. The topological polar surface area (TPSA) is 79.2 Å². The maximum Gasteiger partial charge on any atom is 0.307 e. The van der Waals surface area contributed by atoms with E-state index < -0.39 is 25.0 Å². The van der Waals surface area contributed by atoms with Crippen LogP contribution in [0.5, 0.6) is 0 Å². The Hall–Kier alpha value is -0.690. The normalized spacial score (nSPS) is 32.9. The van der Waals surface area contributed by atoms with Gasteiger partial charge in [-0.1, -0.05) is 6.92 Å². The van der Waals surface area contributed by atoms with E-state index in [1.807, 2.05) is 0 Å². The van der Waals surface area contributed by atoms with E-state index in [1.165, 1.54) is 0 Å². The van der Waals surface area contributed by atoms with Gasteiger partial charge in [0.15, 0.2) is 0 Å². The summed E-state index contributed by atoms with van der Waals surface area (Å²) in [6.07, 6.45) is 0.0910. The van der Waals surface area contributed by atoms with Gasteiger partial charge in [0.25, 0.3) is 0 Å². The molecule has 0 spiro atoms. The van der Waals surface area contributed by atoms with Crippen LogP contribution in [0.2, 0.25) is 0 Å². The van der Waals surface area contributed by atoms with E-state index in [1.54, 1.807) is 6.92 Å². The van der Waals surface area contributed by atoms with E-state index in [9.17, 15) is 9.90 Å². The minimum Gasteiger partial charge on any atom is -0.433 e. The van der Waals surface area contributed by atoms with Crippen LogP contribution in [0.3, 0.4) is 0 Å². The Balaban J connectivity index is 1.93. The van der Waals surface area contributed by atoms with E-state index in [2.05, 4.69) is 4.90 Å². The Bertz CT molecular complexity index is 303. The lowest BCUT2D eigenvalue weighted by atomic mass is 9.86. The molecule has 6 heteroatoms. The fourth-order valence-electron chi connectivity index (χ4n) is 2.73. The van der Waals surface area contributed by atoms with Crippen LogP contribution in [-0.2, 0) is 14.3 Å². The van der Waals surface area contributed by atoms with Crippen molar-refractivity contribution in [2.45, 2.75) is 44.7 Å². The fraction of sp³-hybridized carbons (Fsp3) is 0.923. The van der Waals surface area contributed by atoms with Crippen LogP contribution in [0.15, 0.2) is 0 Å². The van der Waals surface area contributed by atoms with Crippen LogP contribution < -0.4 is 0 Å². The lowest BCUT2D eigenvalue weighted by Gasteiger charge is -2.45. The molecule has 0 amide bonds. The molecule has 2 bridgehead atoms. The molecule has 0 aromatic rings. The summed E-state index contributed by atoms with van der Waals surface area (Å²) in [7, 11) is 0. The summed E-state index contributed by atoms with van der Waals surface area (Å²) in [5.41, 5.74) is 0. The molecule has 3 aliphatic heterocycles. The second-order valence-corrected chi connectivity index (χ2v) is 5.27. The molecule has 0 aliphatic carbocycles. The molecule has 3 unspecified atom stereocenters. The summed E-state index contributed by atoms with van der Waals surface area (Å²) in [6.45, 7) is 4.18. The molecular formula is C13H23NO5. The zero-order valence-corrected chi connectivity index (χ0v) is 11.3. The van der Waals surface area contributed by atoms with Crippen LogP contribution in [0, 0.1) is 5.92 Å². The summed E-state index contributed by atoms with van der Waals surface area (Å²) in [5, 5.41) is 18.7. The first-order chi connectivity index (χ1) is 9.13. The molecule has 0 radical (unpaired) electrons. The number of piperidine rings is 3. The summed E-state index contributed by atoms with van der Waals surface area (Å²) < 4.78 is 10.8. The number of hydrogen-bond acceptors (Lipinski definition) is 6. The van der Waals surface area contributed by atoms with Crippen LogP contribution in [0.4, 0.5) is 0 Å². The largest absolute Gasteiger partial charge is 0.433 e. The molecule has 110 valence electrons. The standard InChI is InChI=1S/C13H23NO5/c1-2-12(17)19-13(10(16)8-15)18-11-7-14-5-3-9(11)4-6-14/h9-11,13,15-16H,2-8H2,1H3. The quantitative estimate of drug-likeness (QED) is 0.512. The number of aliphatic hydroxyl groups is 2. The second-order valence-electron chi connectivity index (χ2n) is 5.27. The van der Waals surface area contributed by atoms with E-state index >= 15 is 0 Å². The Morgan fingerprint density at radius 1 is 1.42 bits per heavy atom. The van der Waals surface area contributed by atoms with Crippen molar-refractivity contribution in [2.75, 3.05) is 26.2 Å². The predicted octanol–water partition coefficient (Wildman–Crippen LogP) is -0.270. The molecule has 3 heterocycles. The third-order valence-electron chi connectivity index (χ3n) is 3.94. The average Bonchev–Trinajstić information content (AvgIpc) is 2.46. The minimum atomic E-state index is -1.19. The monoisotopic (exact) mass is 273 g/mol. The van der Waals surface area contributed by atoms with Crippen molar-refractivity contribution in [1.82, 2.24) is 4.90 Å². The highest BCUT2D eigenvalue weighted by molar-refractivity contribution is 5.69. The molecular weight excluding hydrogens is 250 g/mol. The molecule has 0 aromatic carbocycles. The molecule has 0 saturated carbocycles. The van der Waals surface area contributed by atoms with Gasteiger partial charge in [0.05, 0.1) is 12.7 Å². The summed E-state index contributed by atoms with van der Waals surface area (Å²) >= 11 is 0. The van der Waals surface area contributed by atoms with Gasteiger partial charge >= 0.3 is 5.97 Å². The van der Waals surface area contributed by atoms with Crippen LogP contribution in [0.1, 0.15) is 26.2 Å². The summed E-state index contributed by atoms with van der Waals surface area (Å²) in [6, 6.07) is 0. The Morgan fingerprint density at radius 2 is 2.11 bits per heavy atom. The van der Waals surface area contributed by atoms with Crippen molar-refractivity contribution < 1.29 is 24.5 Å². The fourth-order valence-corrected chi connectivity index (χ4v) is 2.73. The van der Waals surface area contributed by atoms with Crippen LogP contribution in [0.25, 0.3) is 0 Å². The smallest absolute Gasteiger partial charge is 0.307 e. The number of ether oxygens (including phenoxy) is 2. The molecule has 6 nitrogen and oxygen atoms in total. The van der Waals surface area contributed by atoms with Crippen molar-refractivity contribution in [1.29, 1.82) is 0 Å². The number of fused-ring (bicyclic) bond motifs is 3. The first-order valence-electron chi connectivity index (χ1n) is 7.00. The highest BCUT2D eigenvalue weighted by Crippen LogP contribution is 2.30. The van der Waals surface area contributed by atoms with E-state index in [4.69, 9.17) is 14.6 Å². The predicted molar refractivity (Wildman–Crippen MR) is 67.3 cm³/mol. The number of carbonyl (C=O) groups excluding carboxylic acids is 1. The van der Waals surface area contributed by atoms with Gasteiger partial charge in [0.1, 0.15) is 6.10 Å². The third kappa shape index (κ3) is 3.66. The van der Waals surface area contributed by atoms with Crippen molar-refractivity contribution in [3.05, 3.63) is 0 Å². The number of aliphatic hydroxyl groups excluding tert-OH is 2. The first-order valence-corrected chi connectivity index (χ1v) is 7.00. The van der Waals surface area contributed by atoms with Crippen molar-refractivity contribution in [3.63, 3.8) is 0 Å². The molecule has 3 rings (SSSR count). The summed E-state index contributed by atoms with van der Waals surface area (Å²) in [4.78, 5) is 13.7. The number of esters is 1. The van der Waals surface area contributed by atoms with Gasteiger partial charge in [-0.2, -0.15) is 0 Å².